The molecule has 6 nitrogen and oxygen atoms in total. The molecule has 0 bridgehead atoms. The summed E-state index contributed by atoms with van der Waals surface area (Å²) in [6, 6.07) is 7.74. The predicted octanol–water partition coefficient (Wildman–Crippen LogP) is 1.16. The van der Waals surface area contributed by atoms with Gasteiger partial charge in [0, 0.05) is 25.1 Å². The van der Waals surface area contributed by atoms with Crippen molar-refractivity contribution in [3.8, 4) is 5.75 Å². The molecule has 7 heteroatoms. The first-order valence-corrected chi connectivity index (χ1v) is 10.5. The molecule has 2 aliphatic heterocycles. The highest BCUT2D eigenvalue weighted by atomic mass is 32.2. The summed E-state index contributed by atoms with van der Waals surface area (Å²) in [6.45, 7) is 1.67. The molecule has 2 atom stereocenters. The number of hydrogen-bond donors (Lipinski definition) is 0. The van der Waals surface area contributed by atoms with Crippen LogP contribution in [0.1, 0.15) is 18.4 Å². The monoisotopic (exact) mass is 366 g/mol. The molecule has 1 aromatic rings. The van der Waals surface area contributed by atoms with Crippen molar-refractivity contribution in [2.75, 3.05) is 38.8 Å². The molecule has 0 unspecified atom stereocenters. The van der Waals surface area contributed by atoms with Gasteiger partial charge in [0.25, 0.3) is 0 Å². The van der Waals surface area contributed by atoms with Gasteiger partial charge in [0.05, 0.1) is 17.5 Å². The van der Waals surface area contributed by atoms with Crippen molar-refractivity contribution in [2.24, 2.45) is 5.92 Å². The third-order valence-corrected chi connectivity index (χ3v) is 6.71. The molecule has 0 spiro atoms. The van der Waals surface area contributed by atoms with Crippen LogP contribution in [-0.4, -0.2) is 68.9 Å². The Labute approximate surface area is 149 Å². The van der Waals surface area contributed by atoms with E-state index in [1.807, 2.05) is 48.2 Å². The molecular formula is C18H26N2O4S. The van der Waals surface area contributed by atoms with Crippen LogP contribution in [0.15, 0.2) is 24.3 Å². The first-order chi connectivity index (χ1) is 11.8. The number of amides is 1. The zero-order valence-corrected chi connectivity index (χ0v) is 15.7. The number of carbonyl (C=O) groups excluding carboxylic acids is 1. The Morgan fingerprint density at radius 2 is 2.08 bits per heavy atom. The first kappa shape index (κ1) is 18.2. The van der Waals surface area contributed by atoms with E-state index < -0.39 is 9.84 Å². The Bertz CT molecular complexity index is 732. The van der Waals surface area contributed by atoms with Gasteiger partial charge in [-0.15, -0.1) is 0 Å². The lowest BCUT2D eigenvalue weighted by Gasteiger charge is -2.32. The Balaban J connectivity index is 1.77. The van der Waals surface area contributed by atoms with Crippen molar-refractivity contribution < 1.29 is 17.9 Å². The molecule has 1 fully saturated rings. The highest BCUT2D eigenvalue weighted by Crippen LogP contribution is 2.28. The van der Waals surface area contributed by atoms with Gasteiger partial charge < -0.3 is 14.5 Å². The Morgan fingerprint density at radius 1 is 1.32 bits per heavy atom. The summed E-state index contributed by atoms with van der Waals surface area (Å²) >= 11 is 0. The first-order valence-electron chi connectivity index (χ1n) is 8.69. The minimum atomic E-state index is -2.96. The van der Waals surface area contributed by atoms with Crippen molar-refractivity contribution in [3.63, 3.8) is 0 Å². The van der Waals surface area contributed by atoms with Crippen LogP contribution < -0.4 is 4.74 Å². The minimum absolute atomic E-state index is 0.0225. The molecule has 0 aliphatic carbocycles. The summed E-state index contributed by atoms with van der Waals surface area (Å²) in [5.41, 5.74) is 0.996. The second kappa shape index (κ2) is 7.33. The van der Waals surface area contributed by atoms with Crippen LogP contribution in [0.25, 0.3) is 0 Å². The molecule has 1 aromatic carbocycles. The van der Waals surface area contributed by atoms with Crippen LogP contribution in [0.4, 0.5) is 0 Å². The lowest BCUT2D eigenvalue weighted by atomic mass is 10.0. The van der Waals surface area contributed by atoms with Gasteiger partial charge in [-0.1, -0.05) is 18.2 Å². The molecule has 0 aromatic heterocycles. The molecule has 1 saturated heterocycles. The van der Waals surface area contributed by atoms with Crippen molar-refractivity contribution in [3.05, 3.63) is 29.8 Å². The van der Waals surface area contributed by atoms with Gasteiger partial charge in [-0.05, 0) is 32.5 Å². The average molecular weight is 366 g/mol. The van der Waals surface area contributed by atoms with E-state index in [4.69, 9.17) is 4.74 Å². The van der Waals surface area contributed by atoms with Crippen LogP contribution in [-0.2, 0) is 21.2 Å². The highest BCUT2D eigenvalue weighted by molar-refractivity contribution is 7.91. The topological polar surface area (TPSA) is 66.9 Å². The van der Waals surface area contributed by atoms with E-state index in [2.05, 4.69) is 0 Å². The lowest BCUT2D eigenvalue weighted by Crippen LogP contribution is -2.47. The van der Waals surface area contributed by atoms with Gasteiger partial charge in [0.1, 0.15) is 12.4 Å². The molecule has 25 heavy (non-hydrogen) atoms. The van der Waals surface area contributed by atoms with Crippen LogP contribution in [0.2, 0.25) is 0 Å². The van der Waals surface area contributed by atoms with E-state index in [0.717, 1.165) is 11.3 Å². The molecule has 2 aliphatic rings. The molecule has 138 valence electrons. The third-order valence-electron chi connectivity index (χ3n) is 4.87. The molecule has 3 rings (SSSR count). The van der Waals surface area contributed by atoms with Gasteiger partial charge >= 0.3 is 0 Å². The summed E-state index contributed by atoms with van der Waals surface area (Å²) in [7, 11) is 0.989. The van der Waals surface area contributed by atoms with E-state index in [9.17, 15) is 13.2 Å². The maximum atomic E-state index is 13.0. The van der Waals surface area contributed by atoms with E-state index in [-0.39, 0.29) is 29.4 Å². The zero-order chi connectivity index (χ0) is 18.0. The fourth-order valence-corrected chi connectivity index (χ4v) is 5.49. The number of ether oxygens (including phenoxy) is 1. The normalized spacial score (nSPS) is 25.3. The van der Waals surface area contributed by atoms with E-state index in [1.54, 1.807) is 0 Å². The van der Waals surface area contributed by atoms with Crippen LogP contribution >= 0.6 is 0 Å². The van der Waals surface area contributed by atoms with Gasteiger partial charge in [-0.2, -0.15) is 0 Å². The van der Waals surface area contributed by atoms with Gasteiger partial charge in [-0.3, -0.25) is 4.79 Å². The third kappa shape index (κ3) is 4.52. The second-order valence-corrected chi connectivity index (χ2v) is 9.56. The van der Waals surface area contributed by atoms with Crippen LogP contribution in [0, 0.1) is 5.92 Å². The van der Waals surface area contributed by atoms with Gasteiger partial charge in [0.15, 0.2) is 9.84 Å². The van der Waals surface area contributed by atoms with E-state index >= 15 is 0 Å². The number of nitrogens with zero attached hydrogens (tertiary/aromatic N) is 2. The van der Waals surface area contributed by atoms with Crippen LogP contribution in [0.3, 0.4) is 0 Å². The molecule has 0 radical (unpaired) electrons. The Kier molecular flexibility index (Phi) is 5.34. The lowest BCUT2D eigenvalue weighted by molar-refractivity contribution is -0.135. The maximum Gasteiger partial charge on any atom is 0.223 e. The highest BCUT2D eigenvalue weighted by Gasteiger charge is 2.34. The minimum Gasteiger partial charge on any atom is -0.491 e. The van der Waals surface area contributed by atoms with Gasteiger partial charge in [-0.25, -0.2) is 8.42 Å². The summed E-state index contributed by atoms with van der Waals surface area (Å²) in [5, 5.41) is 0. The summed E-state index contributed by atoms with van der Waals surface area (Å²) in [6.07, 6.45) is 0.888. The zero-order valence-electron chi connectivity index (χ0n) is 14.8. The number of sulfone groups is 1. The number of fused-ring (bicyclic) bond motifs is 1. The molecular weight excluding hydrogens is 340 g/mol. The standard InChI is InChI=1S/C18H26N2O4S/c1-19(2)11-16-12-24-17-6-4-3-5-15(17)10-20(16)18(21)9-14-7-8-25(22,23)13-14/h3-6,14,16H,7-13H2,1-2H3/t14-,16+/m0/s1. The van der Waals surface area contributed by atoms with Gasteiger partial charge in [0.2, 0.25) is 5.91 Å². The molecule has 0 saturated carbocycles. The fraction of sp³-hybridized carbons (Fsp3) is 0.611. The largest absolute Gasteiger partial charge is 0.491 e. The SMILES string of the molecule is CN(C)C[C@@H]1COc2ccccc2CN1C(=O)C[C@@H]1CCS(=O)(=O)C1. The summed E-state index contributed by atoms with van der Waals surface area (Å²) in [5.74, 6) is 1.13. The van der Waals surface area contributed by atoms with Crippen molar-refractivity contribution >= 4 is 15.7 Å². The smallest absolute Gasteiger partial charge is 0.223 e. The van der Waals surface area contributed by atoms with Crippen molar-refractivity contribution in [2.45, 2.75) is 25.4 Å². The number of benzene rings is 1. The average Bonchev–Trinajstić information content (AvgIpc) is 2.77. The van der Waals surface area contributed by atoms with E-state index in [0.29, 0.717) is 32.5 Å². The number of likely N-dealkylation sites (N-methyl/N-ethyl adjacent to an activating group) is 1. The van der Waals surface area contributed by atoms with Crippen LogP contribution in [0.5, 0.6) is 5.75 Å². The molecule has 0 N–H and O–H groups in total. The number of carbonyl (C=O) groups is 1. The molecule has 1 amide bonds. The quantitative estimate of drug-likeness (QED) is 0.800. The summed E-state index contributed by atoms with van der Waals surface area (Å²) < 4.78 is 29.3. The molecule has 2 heterocycles. The fourth-order valence-electron chi connectivity index (χ4n) is 3.63. The number of rotatable bonds is 4. The maximum absolute atomic E-state index is 13.0. The summed E-state index contributed by atoms with van der Waals surface area (Å²) in [4.78, 5) is 16.9. The number of para-hydroxylation sites is 1. The number of hydrogen-bond acceptors (Lipinski definition) is 5. The van der Waals surface area contributed by atoms with Crippen molar-refractivity contribution in [1.29, 1.82) is 0 Å². The predicted molar refractivity (Wildman–Crippen MR) is 96.2 cm³/mol. The van der Waals surface area contributed by atoms with E-state index in [1.165, 1.54) is 0 Å². The second-order valence-electron chi connectivity index (χ2n) is 7.33. The Hall–Kier alpha value is -1.60. The van der Waals surface area contributed by atoms with Crippen molar-refractivity contribution in [1.82, 2.24) is 9.80 Å². The Morgan fingerprint density at radius 3 is 2.76 bits per heavy atom.